The molecule has 1 atom stereocenters. The van der Waals surface area contributed by atoms with Gasteiger partial charge in [-0.2, -0.15) is 0 Å². The predicted octanol–water partition coefficient (Wildman–Crippen LogP) is 3.51. The lowest BCUT2D eigenvalue weighted by atomic mass is 9.86. The highest BCUT2D eigenvalue weighted by Gasteiger charge is 2.40. The van der Waals surface area contributed by atoms with Crippen LogP contribution in [-0.2, 0) is 6.42 Å². The molecule has 1 unspecified atom stereocenters. The summed E-state index contributed by atoms with van der Waals surface area (Å²) in [7, 11) is 0. The van der Waals surface area contributed by atoms with E-state index in [1.165, 1.54) is 23.2 Å². The Kier molecular flexibility index (Phi) is 4.87. The molecule has 0 amide bonds. The summed E-state index contributed by atoms with van der Waals surface area (Å²) in [4.78, 5) is 37.2. The number of alkyl halides is 2. The largest absolute Gasteiger partial charge is 0.478 e. The summed E-state index contributed by atoms with van der Waals surface area (Å²) in [5.74, 6) is -5.38. The first-order chi connectivity index (χ1) is 14.5. The summed E-state index contributed by atoms with van der Waals surface area (Å²) in [5.41, 5.74) is 0.760. The van der Waals surface area contributed by atoms with E-state index in [2.05, 4.69) is 0 Å². The lowest BCUT2D eigenvalue weighted by Gasteiger charge is -2.34. The fourth-order valence-corrected chi connectivity index (χ4v) is 4.49. The van der Waals surface area contributed by atoms with Crippen LogP contribution in [0.1, 0.15) is 52.6 Å². The summed E-state index contributed by atoms with van der Waals surface area (Å²) < 4.78 is 29.3. The number of fused-ring (bicyclic) bond motifs is 3. The molecule has 1 aromatic heterocycles. The van der Waals surface area contributed by atoms with Gasteiger partial charge in [0.2, 0.25) is 0 Å². The third-order valence-electron chi connectivity index (χ3n) is 6.10. The number of benzene rings is 1. The predicted molar refractivity (Wildman–Crippen MR) is 109 cm³/mol. The van der Waals surface area contributed by atoms with Crippen molar-refractivity contribution in [2.45, 2.75) is 38.7 Å². The number of carbonyl (C=O) groups is 2. The molecular formula is C22H22F2N2O5. The van der Waals surface area contributed by atoms with Crippen LogP contribution in [0.2, 0.25) is 0 Å². The van der Waals surface area contributed by atoms with Crippen LogP contribution in [0, 0.1) is 5.92 Å². The normalized spacial score (nSPS) is 19.3. The van der Waals surface area contributed by atoms with Crippen molar-refractivity contribution in [1.82, 2.24) is 4.57 Å². The number of halogens is 2. The van der Waals surface area contributed by atoms with E-state index >= 15 is 0 Å². The van der Waals surface area contributed by atoms with Crippen molar-refractivity contribution in [3.8, 4) is 11.3 Å². The Balaban J connectivity index is 1.94. The molecule has 4 rings (SSSR count). The minimum absolute atomic E-state index is 0.0533. The van der Waals surface area contributed by atoms with Crippen LogP contribution in [0.15, 0.2) is 29.2 Å². The summed E-state index contributed by atoms with van der Waals surface area (Å²) >= 11 is 0. The number of aromatic nitrogens is 1. The van der Waals surface area contributed by atoms with Crippen LogP contribution >= 0.6 is 0 Å². The second kappa shape index (κ2) is 7.18. The molecule has 2 N–H and O–H groups in total. The number of carboxylic acids is 2. The van der Waals surface area contributed by atoms with E-state index in [1.807, 2.05) is 13.8 Å². The number of anilines is 1. The molecule has 2 aliphatic rings. The van der Waals surface area contributed by atoms with E-state index < -0.39 is 29.8 Å². The van der Waals surface area contributed by atoms with E-state index in [4.69, 9.17) is 0 Å². The van der Waals surface area contributed by atoms with Crippen LogP contribution in [0.25, 0.3) is 11.3 Å². The molecule has 164 valence electrons. The Bertz CT molecular complexity index is 1160. The fourth-order valence-electron chi connectivity index (χ4n) is 4.49. The minimum Gasteiger partial charge on any atom is -0.478 e. The van der Waals surface area contributed by atoms with E-state index in [9.17, 15) is 33.4 Å². The fraction of sp³-hybridized carbons (Fsp3) is 0.409. The van der Waals surface area contributed by atoms with Crippen molar-refractivity contribution in [3.05, 3.63) is 51.3 Å². The molecular weight excluding hydrogens is 410 g/mol. The second-order valence-electron chi connectivity index (χ2n) is 8.52. The van der Waals surface area contributed by atoms with Crippen molar-refractivity contribution in [1.29, 1.82) is 0 Å². The van der Waals surface area contributed by atoms with Gasteiger partial charge >= 0.3 is 11.9 Å². The summed E-state index contributed by atoms with van der Waals surface area (Å²) in [6.45, 7) is 3.44. The highest BCUT2D eigenvalue weighted by Crippen LogP contribution is 2.42. The van der Waals surface area contributed by atoms with Gasteiger partial charge in [0.25, 0.3) is 5.92 Å². The lowest BCUT2D eigenvalue weighted by molar-refractivity contribution is 0.0256. The molecule has 3 heterocycles. The highest BCUT2D eigenvalue weighted by molar-refractivity contribution is 5.97. The Hall–Kier alpha value is -3.23. The maximum atomic E-state index is 13.8. The van der Waals surface area contributed by atoms with Crippen LogP contribution in [0.4, 0.5) is 14.5 Å². The molecule has 2 aliphatic heterocycles. The molecule has 2 aromatic rings. The molecule has 31 heavy (non-hydrogen) atoms. The number of pyridine rings is 1. The van der Waals surface area contributed by atoms with Crippen LogP contribution in [0.5, 0.6) is 0 Å². The average Bonchev–Trinajstić information content (AvgIpc) is 3.05. The maximum absolute atomic E-state index is 13.8. The first kappa shape index (κ1) is 21.0. The number of rotatable bonds is 4. The smallest absolute Gasteiger partial charge is 0.341 e. The first-order valence-electron chi connectivity index (χ1n) is 10.0. The SMILES string of the molecule is CC(C)C1Cc2cc(N3CCC(F)(F)C3)c(C(=O)O)cc2-c2cc(=O)c(C(=O)O)cn21. The number of carboxylic acid groups (broad SMARTS) is 2. The number of nitrogens with zero attached hydrogens (tertiary/aromatic N) is 2. The standard InChI is InChI=1S/C22H22F2N2O5/c1-11(2)16-5-12-6-17(25-4-3-22(23,24)10-25)14(20(28)29)7-13(12)18-8-19(27)15(21(30)31)9-26(16)18/h6-9,11,16H,3-5,10H2,1-2H3,(H,28,29)(H,30,31). The molecule has 0 spiro atoms. The van der Waals surface area contributed by atoms with Gasteiger partial charge in [-0.25, -0.2) is 18.4 Å². The summed E-state index contributed by atoms with van der Waals surface area (Å²) in [6, 6.07) is 4.08. The lowest BCUT2D eigenvalue weighted by Crippen LogP contribution is -2.30. The van der Waals surface area contributed by atoms with Gasteiger partial charge in [-0.3, -0.25) is 4.79 Å². The topological polar surface area (TPSA) is 99.8 Å². The molecule has 0 aliphatic carbocycles. The van der Waals surface area contributed by atoms with Crippen molar-refractivity contribution in [3.63, 3.8) is 0 Å². The van der Waals surface area contributed by atoms with Crippen LogP contribution < -0.4 is 10.3 Å². The van der Waals surface area contributed by atoms with Gasteiger partial charge in [-0.15, -0.1) is 0 Å². The Morgan fingerprint density at radius 2 is 1.81 bits per heavy atom. The molecule has 9 heteroatoms. The average molecular weight is 432 g/mol. The summed E-state index contributed by atoms with van der Waals surface area (Å²) in [5, 5.41) is 19.1. The van der Waals surface area contributed by atoms with Gasteiger partial charge in [-0.05, 0) is 30.0 Å². The number of hydrogen-bond donors (Lipinski definition) is 2. The highest BCUT2D eigenvalue weighted by atomic mass is 19.3. The van der Waals surface area contributed by atoms with Crippen molar-refractivity contribution in [2.24, 2.45) is 5.92 Å². The van der Waals surface area contributed by atoms with E-state index in [0.29, 0.717) is 17.7 Å². The van der Waals surface area contributed by atoms with Crippen molar-refractivity contribution < 1.29 is 28.6 Å². The first-order valence-corrected chi connectivity index (χ1v) is 10.0. The second-order valence-corrected chi connectivity index (χ2v) is 8.52. The molecule has 1 aromatic carbocycles. The molecule has 0 radical (unpaired) electrons. The zero-order valence-electron chi connectivity index (χ0n) is 17.1. The molecule has 7 nitrogen and oxygen atoms in total. The van der Waals surface area contributed by atoms with Gasteiger partial charge in [0, 0.05) is 36.8 Å². The van der Waals surface area contributed by atoms with E-state index in [-0.39, 0.29) is 41.7 Å². The van der Waals surface area contributed by atoms with Crippen molar-refractivity contribution in [2.75, 3.05) is 18.0 Å². The molecule has 0 saturated carbocycles. The van der Waals surface area contributed by atoms with Gasteiger partial charge in [0.05, 0.1) is 23.5 Å². The zero-order chi connectivity index (χ0) is 22.7. The van der Waals surface area contributed by atoms with Gasteiger partial charge in [0.15, 0.2) is 5.43 Å². The third-order valence-corrected chi connectivity index (χ3v) is 6.10. The monoisotopic (exact) mass is 432 g/mol. The Morgan fingerprint density at radius 3 is 2.35 bits per heavy atom. The molecule has 0 bridgehead atoms. The van der Waals surface area contributed by atoms with Crippen LogP contribution in [0.3, 0.4) is 0 Å². The van der Waals surface area contributed by atoms with Gasteiger partial charge < -0.3 is 19.7 Å². The van der Waals surface area contributed by atoms with Gasteiger partial charge in [-0.1, -0.05) is 13.8 Å². The quantitative estimate of drug-likeness (QED) is 0.767. The number of hydrogen-bond acceptors (Lipinski definition) is 4. The zero-order valence-corrected chi connectivity index (χ0v) is 17.1. The van der Waals surface area contributed by atoms with E-state index in [0.717, 1.165) is 5.56 Å². The van der Waals surface area contributed by atoms with Gasteiger partial charge in [0.1, 0.15) is 5.56 Å². The molecule has 1 saturated heterocycles. The van der Waals surface area contributed by atoms with E-state index in [1.54, 1.807) is 10.6 Å². The van der Waals surface area contributed by atoms with Crippen LogP contribution in [-0.4, -0.2) is 45.7 Å². The summed E-state index contributed by atoms with van der Waals surface area (Å²) in [6.07, 6.45) is 1.43. The Labute approximate surface area is 176 Å². The van der Waals surface area contributed by atoms with Crippen molar-refractivity contribution >= 4 is 17.6 Å². The Morgan fingerprint density at radius 1 is 1.13 bits per heavy atom. The molecule has 1 fully saturated rings. The number of aromatic carboxylic acids is 2. The maximum Gasteiger partial charge on any atom is 0.341 e. The third kappa shape index (κ3) is 3.58. The minimum atomic E-state index is -2.88.